The molecule has 21 heavy (non-hydrogen) atoms. The lowest BCUT2D eigenvalue weighted by Crippen LogP contribution is -2.69. The van der Waals surface area contributed by atoms with Gasteiger partial charge in [0.05, 0.1) is 12.0 Å². The third-order valence-corrected chi connectivity index (χ3v) is 3.91. The lowest BCUT2D eigenvalue weighted by atomic mass is 9.69. The Morgan fingerprint density at radius 2 is 1.90 bits per heavy atom. The van der Waals surface area contributed by atoms with Gasteiger partial charge in [0.25, 0.3) is 0 Å². The van der Waals surface area contributed by atoms with Gasteiger partial charge in [-0.2, -0.15) is 0 Å². The quantitative estimate of drug-likeness (QED) is 0.774. The van der Waals surface area contributed by atoms with Crippen LogP contribution in [-0.2, 0) is 14.3 Å². The van der Waals surface area contributed by atoms with Crippen molar-refractivity contribution in [3.05, 3.63) is 0 Å². The molecule has 0 saturated carbocycles. The first-order valence-corrected chi connectivity index (χ1v) is 7.18. The van der Waals surface area contributed by atoms with Crippen molar-refractivity contribution in [2.45, 2.75) is 39.0 Å². The lowest BCUT2D eigenvalue weighted by molar-refractivity contribution is -0.173. The second-order valence-corrected chi connectivity index (χ2v) is 6.74. The van der Waals surface area contributed by atoms with Crippen LogP contribution < -0.4 is 5.32 Å². The van der Waals surface area contributed by atoms with E-state index in [0.29, 0.717) is 6.54 Å². The Morgan fingerprint density at radius 3 is 2.43 bits per heavy atom. The highest BCUT2D eigenvalue weighted by Gasteiger charge is 2.68. The molecule has 7 heteroatoms. The number of carbonyl (C=O) groups excluding carboxylic acids is 2. The molecular weight excluding hydrogens is 279 g/mol. The number of carbonyl (C=O) groups is 2. The fraction of sp³-hybridized carbons (Fsp3) is 0.857. The zero-order valence-corrected chi connectivity index (χ0v) is 13.0. The summed E-state index contributed by atoms with van der Waals surface area (Å²) in [4.78, 5) is 25.3. The molecule has 2 aliphatic rings. The number of hydrogen-bond acceptors (Lipinski definition) is 5. The molecule has 0 aromatic heterocycles. The Labute approximate surface area is 123 Å². The van der Waals surface area contributed by atoms with Gasteiger partial charge < -0.3 is 19.7 Å². The summed E-state index contributed by atoms with van der Waals surface area (Å²) in [5.41, 5.74) is -3.58. The van der Waals surface area contributed by atoms with Gasteiger partial charge in [0.1, 0.15) is 5.60 Å². The minimum Gasteiger partial charge on any atom is -0.464 e. The average Bonchev–Trinajstić information content (AvgIpc) is 2.64. The second kappa shape index (κ2) is 5.12. The van der Waals surface area contributed by atoms with E-state index in [1.54, 1.807) is 27.7 Å². The van der Waals surface area contributed by atoms with E-state index in [1.807, 2.05) is 0 Å². The van der Waals surface area contributed by atoms with Crippen molar-refractivity contribution in [3.63, 3.8) is 0 Å². The van der Waals surface area contributed by atoms with Crippen molar-refractivity contribution >= 4 is 12.1 Å². The Bertz CT molecular complexity index is 443. The van der Waals surface area contributed by atoms with Crippen LogP contribution in [0.1, 0.15) is 27.7 Å². The molecule has 1 N–H and O–H groups in total. The van der Waals surface area contributed by atoms with Crippen LogP contribution in [0.25, 0.3) is 0 Å². The van der Waals surface area contributed by atoms with Gasteiger partial charge >= 0.3 is 12.1 Å². The Kier molecular flexibility index (Phi) is 3.90. The van der Waals surface area contributed by atoms with Crippen LogP contribution in [0, 0.1) is 5.41 Å². The normalized spacial score (nSPS) is 27.4. The molecule has 0 aromatic rings. The van der Waals surface area contributed by atoms with Crippen LogP contribution in [0.3, 0.4) is 0 Å². The number of nitrogens with zero attached hydrogens (tertiary/aromatic N) is 1. The summed E-state index contributed by atoms with van der Waals surface area (Å²) < 4.78 is 25.1. The summed E-state index contributed by atoms with van der Waals surface area (Å²) in [5, 5.41) is 2.90. The lowest BCUT2D eigenvalue weighted by Gasteiger charge is -2.51. The largest absolute Gasteiger partial charge is 0.464 e. The van der Waals surface area contributed by atoms with E-state index >= 15 is 4.39 Å². The molecule has 0 bridgehead atoms. The zero-order valence-electron chi connectivity index (χ0n) is 13.0. The first-order chi connectivity index (χ1) is 9.63. The van der Waals surface area contributed by atoms with Gasteiger partial charge in [0.2, 0.25) is 5.67 Å². The van der Waals surface area contributed by atoms with E-state index < -0.39 is 28.7 Å². The molecule has 1 atom stereocenters. The Balaban J connectivity index is 2.03. The van der Waals surface area contributed by atoms with Crippen LogP contribution in [0.5, 0.6) is 0 Å². The number of hydrogen-bond donors (Lipinski definition) is 1. The highest BCUT2D eigenvalue weighted by atomic mass is 19.1. The molecule has 0 aromatic carbocycles. The maximum atomic E-state index is 15.1. The summed E-state index contributed by atoms with van der Waals surface area (Å²) in [6, 6.07) is 0. The van der Waals surface area contributed by atoms with Gasteiger partial charge in [-0.05, 0) is 27.7 Å². The number of nitrogens with one attached hydrogen (secondary N) is 1. The van der Waals surface area contributed by atoms with Crippen LogP contribution >= 0.6 is 0 Å². The third-order valence-electron chi connectivity index (χ3n) is 3.91. The van der Waals surface area contributed by atoms with E-state index in [2.05, 4.69) is 5.32 Å². The molecule has 2 fully saturated rings. The van der Waals surface area contributed by atoms with Crippen molar-refractivity contribution in [1.29, 1.82) is 0 Å². The fourth-order valence-corrected chi connectivity index (χ4v) is 2.84. The summed E-state index contributed by atoms with van der Waals surface area (Å²) in [6.07, 6.45) is -0.480. The van der Waals surface area contributed by atoms with Gasteiger partial charge in [0, 0.05) is 26.2 Å². The molecule has 6 nitrogen and oxygen atoms in total. The number of ether oxygens (including phenoxy) is 2. The smallest absolute Gasteiger partial charge is 0.410 e. The van der Waals surface area contributed by atoms with Gasteiger partial charge in [0.15, 0.2) is 0 Å². The SMILES string of the molecule is CCOC(=O)[C@@]1(F)CNCC12CN(C(=O)OC(C)(C)C)C2. The van der Waals surface area contributed by atoms with Crippen LogP contribution in [0.2, 0.25) is 0 Å². The molecule has 2 saturated heterocycles. The van der Waals surface area contributed by atoms with Gasteiger partial charge in [-0.1, -0.05) is 0 Å². The van der Waals surface area contributed by atoms with Crippen LogP contribution in [-0.4, -0.2) is 61.0 Å². The minimum absolute atomic E-state index is 0.0754. The average molecular weight is 302 g/mol. The molecular formula is C14H23FN2O4. The molecule has 0 unspecified atom stereocenters. The predicted molar refractivity (Wildman–Crippen MR) is 73.6 cm³/mol. The van der Waals surface area contributed by atoms with Crippen LogP contribution in [0.15, 0.2) is 0 Å². The molecule has 1 spiro atoms. The van der Waals surface area contributed by atoms with Gasteiger partial charge in [-0.3, -0.25) is 0 Å². The van der Waals surface area contributed by atoms with Crippen molar-refractivity contribution < 1.29 is 23.5 Å². The van der Waals surface area contributed by atoms with Crippen molar-refractivity contribution in [3.8, 4) is 0 Å². The minimum atomic E-state index is -2.08. The number of amides is 1. The third kappa shape index (κ3) is 2.71. The Hall–Kier alpha value is -1.37. The number of likely N-dealkylation sites (tertiary alicyclic amines) is 1. The van der Waals surface area contributed by atoms with E-state index in [0.717, 1.165) is 0 Å². The van der Waals surface area contributed by atoms with Crippen LogP contribution in [0.4, 0.5) is 9.18 Å². The molecule has 0 aliphatic carbocycles. The summed E-state index contributed by atoms with van der Waals surface area (Å²) in [5.74, 6) is -0.848. The first kappa shape index (κ1) is 16.0. The van der Waals surface area contributed by atoms with Crippen molar-refractivity contribution in [1.82, 2.24) is 10.2 Å². The van der Waals surface area contributed by atoms with E-state index in [-0.39, 0.29) is 26.2 Å². The monoisotopic (exact) mass is 302 g/mol. The van der Waals surface area contributed by atoms with Crippen molar-refractivity contribution in [2.24, 2.45) is 5.41 Å². The van der Waals surface area contributed by atoms with E-state index in [9.17, 15) is 9.59 Å². The molecule has 2 heterocycles. The number of esters is 1. The van der Waals surface area contributed by atoms with Gasteiger partial charge in [-0.15, -0.1) is 0 Å². The zero-order chi connectivity index (χ0) is 15.9. The van der Waals surface area contributed by atoms with E-state index in [1.165, 1.54) is 4.90 Å². The fourth-order valence-electron chi connectivity index (χ4n) is 2.84. The maximum absolute atomic E-state index is 15.1. The number of rotatable bonds is 2. The molecule has 2 aliphatic heterocycles. The number of halogens is 1. The highest BCUT2D eigenvalue weighted by Crippen LogP contribution is 2.47. The summed E-state index contributed by atoms with van der Waals surface area (Å²) in [7, 11) is 0. The maximum Gasteiger partial charge on any atom is 0.410 e. The number of alkyl halides is 1. The predicted octanol–water partition coefficient (Wildman–Crippen LogP) is 1.10. The van der Waals surface area contributed by atoms with Gasteiger partial charge in [-0.25, -0.2) is 14.0 Å². The molecule has 0 radical (unpaired) electrons. The molecule has 1 amide bonds. The molecule has 120 valence electrons. The Morgan fingerprint density at radius 1 is 1.29 bits per heavy atom. The van der Waals surface area contributed by atoms with E-state index in [4.69, 9.17) is 9.47 Å². The van der Waals surface area contributed by atoms with Crippen molar-refractivity contribution in [2.75, 3.05) is 32.8 Å². The summed E-state index contributed by atoms with van der Waals surface area (Å²) in [6.45, 7) is 7.69. The first-order valence-electron chi connectivity index (χ1n) is 7.18. The molecule has 2 rings (SSSR count). The topological polar surface area (TPSA) is 67.9 Å². The second-order valence-electron chi connectivity index (χ2n) is 6.74. The summed E-state index contributed by atoms with van der Waals surface area (Å²) >= 11 is 0. The standard InChI is InChI=1S/C14H23FN2O4/c1-5-20-10(18)14(15)7-16-6-13(14)8-17(9-13)11(19)21-12(2,3)4/h16H,5-9H2,1-4H3/t14-/m0/s1. The highest BCUT2D eigenvalue weighted by molar-refractivity contribution is 5.83.